The van der Waals surface area contributed by atoms with Crippen LogP contribution in [0.3, 0.4) is 0 Å². The number of hydrogen-bond acceptors (Lipinski definition) is 5. The molecule has 31 heavy (non-hydrogen) atoms. The van der Waals surface area contributed by atoms with E-state index in [1.165, 1.54) is 0 Å². The van der Waals surface area contributed by atoms with Crippen molar-refractivity contribution in [2.75, 3.05) is 26.7 Å². The molecular formula is C22H26N6O3. The highest BCUT2D eigenvalue weighted by Crippen LogP contribution is 2.24. The third-order valence-corrected chi connectivity index (χ3v) is 5.43. The zero-order valence-electron chi connectivity index (χ0n) is 17.7. The summed E-state index contributed by atoms with van der Waals surface area (Å²) in [5.74, 6) is 0.346. The van der Waals surface area contributed by atoms with Crippen molar-refractivity contribution < 1.29 is 14.3 Å². The Hall–Kier alpha value is -3.62. The second-order valence-electron chi connectivity index (χ2n) is 7.65. The summed E-state index contributed by atoms with van der Waals surface area (Å²) in [5, 5.41) is 14.3. The van der Waals surface area contributed by atoms with Crippen LogP contribution in [0.2, 0.25) is 0 Å². The van der Waals surface area contributed by atoms with Crippen molar-refractivity contribution in [3.05, 3.63) is 54.0 Å². The minimum atomic E-state index is -0.205. The zero-order valence-corrected chi connectivity index (χ0v) is 17.7. The van der Waals surface area contributed by atoms with Gasteiger partial charge in [-0.2, -0.15) is 10.2 Å². The molecule has 1 aliphatic rings. The Morgan fingerprint density at radius 1 is 1.29 bits per heavy atom. The van der Waals surface area contributed by atoms with Gasteiger partial charge in [0.2, 0.25) is 5.91 Å². The highest BCUT2D eigenvalue weighted by Gasteiger charge is 2.32. The van der Waals surface area contributed by atoms with Crippen molar-refractivity contribution in [3.8, 4) is 17.0 Å². The molecule has 2 aromatic heterocycles. The van der Waals surface area contributed by atoms with Gasteiger partial charge in [0.15, 0.2) is 0 Å². The number of aromatic nitrogens is 4. The fourth-order valence-corrected chi connectivity index (χ4v) is 3.72. The Balaban J connectivity index is 1.31. The van der Waals surface area contributed by atoms with Crippen LogP contribution in [0, 0.1) is 12.8 Å². The van der Waals surface area contributed by atoms with Gasteiger partial charge in [-0.15, -0.1) is 0 Å². The number of nitrogens with one attached hydrogen (secondary N) is 2. The van der Waals surface area contributed by atoms with E-state index in [9.17, 15) is 9.59 Å². The molecule has 1 fully saturated rings. The second kappa shape index (κ2) is 9.03. The van der Waals surface area contributed by atoms with Crippen molar-refractivity contribution >= 4 is 11.8 Å². The van der Waals surface area contributed by atoms with Crippen LogP contribution >= 0.6 is 0 Å². The largest absolute Gasteiger partial charge is 0.497 e. The first kappa shape index (κ1) is 20.6. The van der Waals surface area contributed by atoms with Crippen LogP contribution in [0.4, 0.5) is 0 Å². The number of rotatable bonds is 7. The molecule has 9 nitrogen and oxygen atoms in total. The predicted octanol–water partition coefficient (Wildman–Crippen LogP) is 1.87. The van der Waals surface area contributed by atoms with Crippen molar-refractivity contribution in [2.24, 2.45) is 5.92 Å². The van der Waals surface area contributed by atoms with E-state index in [4.69, 9.17) is 4.74 Å². The van der Waals surface area contributed by atoms with Crippen LogP contribution in [-0.2, 0) is 11.3 Å². The van der Waals surface area contributed by atoms with Gasteiger partial charge in [-0.25, -0.2) is 0 Å². The standard InChI is InChI=1S/C22H26N6O3/c1-15-6-10-28(26-15)11-8-23-21(29)17-7-9-27(14-17)22(30)20-13-19(24-25-20)16-4-3-5-18(12-16)31-2/h3-6,10,12-13,17H,7-9,11,14H2,1-2H3,(H,23,29)(H,24,25). The van der Waals surface area contributed by atoms with Crippen LogP contribution in [-0.4, -0.2) is 63.4 Å². The van der Waals surface area contributed by atoms with E-state index in [1.54, 1.807) is 22.8 Å². The van der Waals surface area contributed by atoms with Gasteiger partial charge in [-0.3, -0.25) is 19.4 Å². The van der Waals surface area contributed by atoms with Gasteiger partial charge in [0.1, 0.15) is 11.4 Å². The molecule has 2 N–H and O–H groups in total. The van der Waals surface area contributed by atoms with Gasteiger partial charge in [-0.05, 0) is 37.6 Å². The zero-order chi connectivity index (χ0) is 21.8. The summed E-state index contributed by atoms with van der Waals surface area (Å²) in [7, 11) is 1.61. The van der Waals surface area contributed by atoms with Gasteiger partial charge < -0.3 is 15.0 Å². The Bertz CT molecular complexity index is 1070. The van der Waals surface area contributed by atoms with E-state index in [-0.39, 0.29) is 17.7 Å². The third kappa shape index (κ3) is 4.76. The minimum absolute atomic E-state index is 0.0270. The molecule has 0 radical (unpaired) electrons. The number of amides is 2. The fraction of sp³-hybridized carbons (Fsp3) is 0.364. The van der Waals surface area contributed by atoms with Crippen LogP contribution in [0.5, 0.6) is 5.75 Å². The first-order valence-corrected chi connectivity index (χ1v) is 10.3. The summed E-state index contributed by atoms with van der Waals surface area (Å²) in [4.78, 5) is 27.1. The molecule has 1 atom stereocenters. The first-order valence-electron chi connectivity index (χ1n) is 10.3. The summed E-state index contributed by atoms with van der Waals surface area (Å²) in [6.45, 7) is 4.01. The molecule has 0 bridgehead atoms. The average Bonchev–Trinajstić information content (AvgIpc) is 3.54. The van der Waals surface area contributed by atoms with E-state index < -0.39 is 0 Å². The van der Waals surface area contributed by atoms with Crippen molar-refractivity contribution in [3.63, 3.8) is 0 Å². The molecule has 162 valence electrons. The van der Waals surface area contributed by atoms with Crippen molar-refractivity contribution in [1.29, 1.82) is 0 Å². The number of likely N-dealkylation sites (tertiary alicyclic amines) is 1. The number of hydrogen-bond donors (Lipinski definition) is 2. The lowest BCUT2D eigenvalue weighted by molar-refractivity contribution is -0.124. The molecule has 0 saturated carbocycles. The lowest BCUT2D eigenvalue weighted by atomic mass is 10.1. The maximum absolute atomic E-state index is 12.9. The summed E-state index contributed by atoms with van der Waals surface area (Å²) >= 11 is 0. The van der Waals surface area contributed by atoms with E-state index in [1.807, 2.05) is 43.5 Å². The Kier molecular flexibility index (Phi) is 6.01. The van der Waals surface area contributed by atoms with Gasteiger partial charge in [0, 0.05) is 31.4 Å². The van der Waals surface area contributed by atoms with Gasteiger partial charge in [0.25, 0.3) is 5.91 Å². The molecule has 2 amide bonds. The maximum Gasteiger partial charge on any atom is 0.271 e. The number of carbonyl (C=O) groups excluding carboxylic acids is 2. The topological polar surface area (TPSA) is 105 Å². The molecular weight excluding hydrogens is 396 g/mol. The van der Waals surface area contributed by atoms with Gasteiger partial charge >= 0.3 is 0 Å². The number of aryl methyl sites for hydroxylation is 1. The van der Waals surface area contributed by atoms with E-state index in [0.717, 1.165) is 17.0 Å². The van der Waals surface area contributed by atoms with Gasteiger partial charge in [-0.1, -0.05) is 12.1 Å². The second-order valence-corrected chi connectivity index (χ2v) is 7.65. The fourth-order valence-electron chi connectivity index (χ4n) is 3.72. The lowest BCUT2D eigenvalue weighted by Gasteiger charge is -2.15. The average molecular weight is 422 g/mol. The van der Waals surface area contributed by atoms with E-state index in [2.05, 4.69) is 20.6 Å². The molecule has 1 saturated heterocycles. The van der Waals surface area contributed by atoms with E-state index in [0.29, 0.717) is 44.0 Å². The van der Waals surface area contributed by atoms with Crippen LogP contribution in [0.15, 0.2) is 42.6 Å². The molecule has 1 unspecified atom stereocenters. The van der Waals surface area contributed by atoms with Crippen LogP contribution in [0.1, 0.15) is 22.6 Å². The molecule has 1 aromatic carbocycles. The Morgan fingerprint density at radius 2 is 2.16 bits per heavy atom. The summed E-state index contributed by atoms with van der Waals surface area (Å²) in [5.41, 5.74) is 2.89. The first-order chi connectivity index (χ1) is 15.0. The summed E-state index contributed by atoms with van der Waals surface area (Å²) in [6, 6.07) is 11.2. The number of benzene rings is 1. The van der Waals surface area contributed by atoms with E-state index >= 15 is 0 Å². The van der Waals surface area contributed by atoms with Crippen LogP contribution < -0.4 is 10.1 Å². The van der Waals surface area contributed by atoms with Crippen LogP contribution in [0.25, 0.3) is 11.3 Å². The molecule has 0 spiro atoms. The van der Waals surface area contributed by atoms with Crippen molar-refractivity contribution in [2.45, 2.75) is 19.9 Å². The molecule has 3 aromatic rings. The minimum Gasteiger partial charge on any atom is -0.497 e. The highest BCUT2D eigenvalue weighted by atomic mass is 16.5. The molecule has 4 rings (SSSR count). The molecule has 1 aliphatic heterocycles. The smallest absolute Gasteiger partial charge is 0.271 e. The number of carbonyl (C=O) groups is 2. The molecule has 3 heterocycles. The number of H-pyrrole nitrogens is 1. The normalized spacial score (nSPS) is 15.8. The maximum atomic E-state index is 12.9. The summed E-state index contributed by atoms with van der Waals surface area (Å²) in [6.07, 6.45) is 2.54. The summed E-state index contributed by atoms with van der Waals surface area (Å²) < 4.78 is 7.05. The number of ether oxygens (including phenoxy) is 1. The third-order valence-electron chi connectivity index (χ3n) is 5.43. The number of methoxy groups -OCH3 is 1. The number of aromatic amines is 1. The Morgan fingerprint density at radius 3 is 2.94 bits per heavy atom. The molecule has 9 heteroatoms. The quantitative estimate of drug-likeness (QED) is 0.605. The highest BCUT2D eigenvalue weighted by molar-refractivity contribution is 5.94. The predicted molar refractivity (Wildman–Crippen MR) is 115 cm³/mol. The monoisotopic (exact) mass is 422 g/mol. The van der Waals surface area contributed by atoms with Crippen molar-refractivity contribution in [1.82, 2.24) is 30.2 Å². The lowest BCUT2D eigenvalue weighted by Crippen LogP contribution is -2.36. The number of nitrogens with zero attached hydrogens (tertiary/aromatic N) is 4. The SMILES string of the molecule is COc1cccc(-c2cc(C(=O)N3CCC(C(=O)NCCn4ccc(C)n4)C3)[nH]n2)c1. The van der Waals surface area contributed by atoms with Gasteiger partial charge in [0.05, 0.1) is 31.0 Å². The Labute approximate surface area is 180 Å². The molecule has 0 aliphatic carbocycles.